The Labute approximate surface area is 312 Å². The third-order valence-corrected chi connectivity index (χ3v) is 12.3. The van der Waals surface area contributed by atoms with Crippen LogP contribution in [0.2, 0.25) is 0 Å². The van der Waals surface area contributed by atoms with Crippen molar-refractivity contribution in [2.75, 3.05) is 0 Å². The standard InChI is InChI=1S/C40H46N8O6/c1-5-29(37(49)45-39(51)52)47-31-13-23(31)15-33(47)35-41-17-27(43-35)22-9-7-21(8-10-22)25-11-12-26(20(4)19(25)3)28-18-42-36(44-28)34-16-24-14-32(24)48(34)30(6-2)38(50)46-40(53)54/h7-12,17-18,23-24,29-34H,5-6,13-16H2,1-4H3,(H,41,43)(H,42,44)(H,45,49)(H,46,50)(H,51,52)(H,53,54)/t23?,24-,29?,30-,31?,32-,33?,34-/m0/s1. The summed E-state index contributed by atoms with van der Waals surface area (Å²) >= 11 is 0. The monoisotopic (exact) mass is 734 g/mol. The van der Waals surface area contributed by atoms with Gasteiger partial charge in [-0.15, -0.1) is 0 Å². The lowest BCUT2D eigenvalue weighted by atomic mass is 9.92. The summed E-state index contributed by atoms with van der Waals surface area (Å²) in [6, 6.07) is 11.9. The van der Waals surface area contributed by atoms with Crippen molar-refractivity contribution in [3.63, 3.8) is 0 Å². The average Bonchev–Trinajstić information content (AvgIpc) is 3.75. The number of rotatable bonds is 11. The first-order chi connectivity index (χ1) is 26.0. The number of likely N-dealkylation sites (tertiary alicyclic amines) is 2. The molecule has 54 heavy (non-hydrogen) atoms. The summed E-state index contributed by atoms with van der Waals surface area (Å²) in [5, 5.41) is 22.4. The van der Waals surface area contributed by atoms with Crippen LogP contribution in [0.3, 0.4) is 0 Å². The maximum Gasteiger partial charge on any atom is 0.411 e. The second kappa shape index (κ2) is 13.8. The number of piperidine rings is 2. The molecule has 2 aliphatic carbocycles. The molecule has 8 atom stereocenters. The third kappa shape index (κ3) is 6.36. The molecular formula is C40H46N8O6. The highest BCUT2D eigenvalue weighted by molar-refractivity contribution is 5.94. The van der Waals surface area contributed by atoms with Crippen molar-refractivity contribution in [3.05, 3.63) is 71.6 Å². The molecule has 282 valence electrons. The Balaban J connectivity index is 0.980. The van der Waals surface area contributed by atoms with Gasteiger partial charge in [0.05, 0.1) is 47.9 Å². The molecular weight excluding hydrogens is 688 g/mol. The van der Waals surface area contributed by atoms with Gasteiger partial charge in [-0.2, -0.15) is 0 Å². The molecule has 4 aliphatic rings. The van der Waals surface area contributed by atoms with Crippen LogP contribution in [0.15, 0.2) is 48.8 Å². The highest BCUT2D eigenvalue weighted by Crippen LogP contribution is 2.55. The average molecular weight is 735 g/mol. The minimum Gasteiger partial charge on any atom is -0.465 e. The number of nitrogens with zero attached hydrogens (tertiary/aromatic N) is 4. The van der Waals surface area contributed by atoms with Gasteiger partial charge in [-0.25, -0.2) is 19.6 Å². The van der Waals surface area contributed by atoms with E-state index < -0.39 is 36.1 Å². The second-order valence-electron chi connectivity index (χ2n) is 15.3. The molecule has 0 spiro atoms. The molecule has 0 radical (unpaired) electrons. The molecule has 4 aromatic rings. The molecule has 6 N–H and O–H groups in total. The third-order valence-electron chi connectivity index (χ3n) is 12.3. The van der Waals surface area contributed by atoms with Gasteiger partial charge in [0.2, 0.25) is 11.8 Å². The molecule has 14 heteroatoms. The number of benzene rings is 2. The summed E-state index contributed by atoms with van der Waals surface area (Å²) in [4.78, 5) is 68.9. The number of hydrogen-bond acceptors (Lipinski definition) is 8. The van der Waals surface area contributed by atoms with E-state index in [-0.39, 0.29) is 24.2 Å². The minimum absolute atomic E-state index is 0.0809. The van der Waals surface area contributed by atoms with Crippen molar-refractivity contribution in [3.8, 4) is 33.6 Å². The lowest BCUT2D eigenvalue weighted by molar-refractivity contribution is -0.127. The quantitative estimate of drug-likeness (QED) is 0.104. The summed E-state index contributed by atoms with van der Waals surface area (Å²) in [6.07, 6.45) is 5.83. The number of hydrogen-bond donors (Lipinski definition) is 6. The van der Waals surface area contributed by atoms with Crippen LogP contribution in [0.5, 0.6) is 0 Å². The maximum absolute atomic E-state index is 12.8. The molecule has 0 bridgehead atoms. The van der Waals surface area contributed by atoms with E-state index in [0.29, 0.717) is 24.7 Å². The van der Waals surface area contributed by atoms with Crippen molar-refractivity contribution < 1.29 is 29.4 Å². The highest BCUT2D eigenvalue weighted by Gasteiger charge is 2.57. The fourth-order valence-corrected chi connectivity index (χ4v) is 9.37. The molecule has 4 fully saturated rings. The normalized spacial score (nSPS) is 25.4. The van der Waals surface area contributed by atoms with Crippen molar-refractivity contribution >= 4 is 24.0 Å². The molecule has 2 aromatic heterocycles. The number of carboxylic acid groups (broad SMARTS) is 2. The van der Waals surface area contributed by atoms with Crippen molar-refractivity contribution in [2.45, 2.75) is 102 Å². The zero-order valence-electron chi connectivity index (χ0n) is 30.8. The Morgan fingerprint density at radius 2 is 1.13 bits per heavy atom. The van der Waals surface area contributed by atoms with Crippen LogP contribution < -0.4 is 10.6 Å². The van der Waals surface area contributed by atoms with Crippen molar-refractivity contribution in [2.24, 2.45) is 11.8 Å². The number of imidazole rings is 2. The van der Waals surface area contributed by atoms with E-state index in [1.54, 1.807) is 0 Å². The number of nitrogens with one attached hydrogen (secondary N) is 4. The van der Waals surface area contributed by atoms with Crippen molar-refractivity contribution in [1.29, 1.82) is 0 Å². The highest BCUT2D eigenvalue weighted by atomic mass is 16.4. The number of carbonyl (C=O) groups is 4. The summed E-state index contributed by atoms with van der Waals surface area (Å²) in [6.45, 7) is 8.05. The van der Waals surface area contributed by atoms with Gasteiger partial charge in [0.1, 0.15) is 11.6 Å². The number of aromatic amines is 2. The van der Waals surface area contributed by atoms with Gasteiger partial charge in [-0.3, -0.25) is 30.0 Å². The van der Waals surface area contributed by atoms with Crippen LogP contribution in [0.4, 0.5) is 9.59 Å². The SMILES string of the molecule is CCC(C(=O)NC(=O)O)N1C(c2ncc(-c3ccc(-c4ccc(-c5cnc([C@@H]6C[C@@H]7C[C@@H]7N6[C@@H](CC)C(=O)NC(=O)O)[nH]5)c(C)c4C)cc3)[nH]2)CC2CC21. The molecule has 4 unspecified atom stereocenters. The maximum atomic E-state index is 12.8. The molecule has 2 aliphatic heterocycles. The first kappa shape index (κ1) is 35.7. The Morgan fingerprint density at radius 3 is 1.63 bits per heavy atom. The number of H-pyrrole nitrogens is 2. The lowest BCUT2D eigenvalue weighted by Gasteiger charge is -2.32. The van der Waals surface area contributed by atoms with Crippen LogP contribution in [-0.4, -0.2) is 88.1 Å². The topological polar surface area (TPSA) is 197 Å². The van der Waals surface area contributed by atoms with Gasteiger partial charge >= 0.3 is 12.2 Å². The van der Waals surface area contributed by atoms with Gasteiger partial charge < -0.3 is 20.2 Å². The van der Waals surface area contributed by atoms with Gasteiger partial charge in [0.25, 0.3) is 0 Å². The largest absolute Gasteiger partial charge is 0.465 e. The van der Waals surface area contributed by atoms with E-state index in [9.17, 15) is 19.2 Å². The van der Waals surface area contributed by atoms with Gasteiger partial charge in [-0.1, -0.05) is 50.2 Å². The molecule has 4 heterocycles. The summed E-state index contributed by atoms with van der Waals surface area (Å²) < 4.78 is 0. The second-order valence-corrected chi connectivity index (χ2v) is 15.3. The molecule has 2 saturated heterocycles. The molecule has 14 nitrogen and oxygen atoms in total. The number of fused-ring (bicyclic) bond motifs is 2. The van der Waals surface area contributed by atoms with E-state index in [4.69, 9.17) is 20.2 Å². The number of amides is 4. The van der Waals surface area contributed by atoms with Gasteiger partial charge in [-0.05, 0) is 92.0 Å². The van der Waals surface area contributed by atoms with E-state index in [1.165, 1.54) is 0 Å². The zero-order valence-corrected chi connectivity index (χ0v) is 30.8. The first-order valence-corrected chi connectivity index (χ1v) is 18.9. The molecule has 8 rings (SSSR count). The van der Waals surface area contributed by atoms with Crippen LogP contribution in [0.25, 0.3) is 33.6 Å². The first-order valence-electron chi connectivity index (χ1n) is 18.9. The zero-order chi connectivity index (χ0) is 38.0. The fourth-order valence-electron chi connectivity index (χ4n) is 9.37. The number of aromatic nitrogens is 4. The number of carbonyl (C=O) groups excluding carboxylic acids is 2. The van der Waals surface area contributed by atoms with Crippen LogP contribution in [0, 0.1) is 25.7 Å². The summed E-state index contributed by atoms with van der Waals surface area (Å²) in [5.41, 5.74) is 8.30. The predicted octanol–water partition coefficient (Wildman–Crippen LogP) is 6.17. The summed E-state index contributed by atoms with van der Waals surface area (Å²) in [5.74, 6) is 1.59. The number of imide groups is 2. The van der Waals surface area contributed by atoms with E-state index in [0.717, 1.165) is 82.1 Å². The Hall–Kier alpha value is -5.34. The molecule has 4 amide bonds. The van der Waals surface area contributed by atoms with Crippen molar-refractivity contribution in [1.82, 2.24) is 40.4 Å². The van der Waals surface area contributed by atoms with Crippen LogP contribution in [-0.2, 0) is 9.59 Å². The Kier molecular flexibility index (Phi) is 9.13. The van der Waals surface area contributed by atoms with Crippen LogP contribution in [0.1, 0.15) is 87.2 Å². The smallest absolute Gasteiger partial charge is 0.411 e. The Bertz CT molecular complexity index is 2130. The predicted molar refractivity (Wildman–Crippen MR) is 199 cm³/mol. The lowest BCUT2D eigenvalue weighted by Crippen LogP contribution is -2.49. The Morgan fingerprint density at radius 1 is 0.685 bits per heavy atom. The van der Waals surface area contributed by atoms with Gasteiger partial charge in [0, 0.05) is 17.6 Å². The van der Waals surface area contributed by atoms with E-state index >= 15 is 0 Å². The molecule has 2 saturated carbocycles. The van der Waals surface area contributed by atoms with E-state index in [2.05, 4.69) is 80.6 Å². The van der Waals surface area contributed by atoms with E-state index in [1.807, 2.05) is 26.2 Å². The minimum atomic E-state index is -1.34. The molecule has 2 aromatic carbocycles. The van der Waals surface area contributed by atoms with Gasteiger partial charge in [0.15, 0.2) is 0 Å². The summed E-state index contributed by atoms with van der Waals surface area (Å²) in [7, 11) is 0. The fraction of sp³-hybridized carbons (Fsp3) is 0.450. The van der Waals surface area contributed by atoms with Crippen LogP contribution >= 0.6 is 0 Å².